The van der Waals surface area contributed by atoms with E-state index in [2.05, 4.69) is 31.9 Å². The molecule has 10 nitrogen and oxygen atoms in total. The second-order valence-electron chi connectivity index (χ2n) is 10.8. The van der Waals surface area contributed by atoms with Crippen LogP contribution in [0.1, 0.15) is 74.0 Å². The number of benzene rings is 3. The minimum absolute atomic E-state index is 0.270. The van der Waals surface area contributed by atoms with Gasteiger partial charge in [0.05, 0.1) is 47.8 Å². The SMILES string of the molecule is C1CCOC1.COc1cc(C2OCCO2)c(Br)cc1C.COc1cc(C2OCCO2)c(C=O)cc1C.COc1cc(C=O)c(Br)cc1C. The second-order valence-corrected chi connectivity index (χ2v) is 12.5. The zero-order valence-electron chi connectivity index (χ0n) is 28.3. The molecule has 3 aromatic rings. The molecule has 0 spiro atoms. The van der Waals surface area contributed by atoms with Gasteiger partial charge >= 0.3 is 0 Å². The third kappa shape index (κ3) is 11.4. The van der Waals surface area contributed by atoms with Gasteiger partial charge in [-0.3, -0.25) is 9.59 Å². The first-order valence-corrected chi connectivity index (χ1v) is 17.1. The Balaban J connectivity index is 0.000000183. The lowest BCUT2D eigenvalue weighted by atomic mass is 10.0. The van der Waals surface area contributed by atoms with E-state index in [0.717, 1.165) is 79.8 Å². The number of carbonyl (C=O) groups is 2. The van der Waals surface area contributed by atoms with Crippen molar-refractivity contribution < 1.29 is 47.5 Å². The van der Waals surface area contributed by atoms with Crippen molar-refractivity contribution in [1.82, 2.24) is 0 Å². The Morgan fingerprint density at radius 2 is 0.979 bits per heavy atom. The van der Waals surface area contributed by atoms with Crippen LogP contribution in [0, 0.1) is 20.8 Å². The van der Waals surface area contributed by atoms with Crippen molar-refractivity contribution in [2.45, 2.75) is 46.2 Å². The molecule has 0 aromatic heterocycles. The van der Waals surface area contributed by atoms with Gasteiger partial charge in [-0.25, -0.2) is 0 Å². The maximum Gasteiger partial charge on any atom is 0.185 e. The zero-order chi connectivity index (χ0) is 35.1. The van der Waals surface area contributed by atoms with Gasteiger partial charge in [-0.05, 0) is 86.7 Å². The van der Waals surface area contributed by atoms with E-state index in [1.54, 1.807) is 39.5 Å². The minimum atomic E-state index is -0.449. The fourth-order valence-corrected chi connectivity index (χ4v) is 6.08. The van der Waals surface area contributed by atoms with Crippen molar-refractivity contribution >= 4 is 44.4 Å². The van der Waals surface area contributed by atoms with Gasteiger partial charge in [0.15, 0.2) is 25.2 Å². The summed E-state index contributed by atoms with van der Waals surface area (Å²) in [4.78, 5) is 21.5. The standard InChI is InChI=1S/C12H14O4.C11H13BrO3.C9H9BrO2.C4H8O/c1-8-5-9(7-13)10(6-11(8)14-2)12-15-3-4-16-12;1-7-5-9(12)8(6-10(7)13-2)11-14-3-4-15-11;1-6-3-8(10)7(5-11)4-9(6)12-2;1-2-4-5-3-1/h5-7,12H,3-4H2,1-2H3;5-6,11H,3-4H2,1-2H3;3-5H,1-2H3;1-4H2. The topological polar surface area (TPSA) is 108 Å². The summed E-state index contributed by atoms with van der Waals surface area (Å²) < 4.78 is 44.0. The van der Waals surface area contributed by atoms with E-state index in [1.165, 1.54) is 12.8 Å². The molecule has 0 saturated carbocycles. The van der Waals surface area contributed by atoms with Crippen LogP contribution in [0.15, 0.2) is 45.3 Å². The molecule has 0 atom stereocenters. The molecule has 3 aromatic carbocycles. The number of hydrogen-bond acceptors (Lipinski definition) is 10. The van der Waals surface area contributed by atoms with Crippen molar-refractivity contribution in [3.63, 3.8) is 0 Å². The number of aldehydes is 2. The Morgan fingerprint density at radius 3 is 1.42 bits per heavy atom. The van der Waals surface area contributed by atoms with E-state index in [-0.39, 0.29) is 6.29 Å². The van der Waals surface area contributed by atoms with Gasteiger partial charge in [-0.1, -0.05) is 31.9 Å². The predicted octanol–water partition coefficient (Wildman–Crippen LogP) is 8.05. The number of halogens is 2. The fraction of sp³-hybridized carbons (Fsp3) is 0.444. The van der Waals surface area contributed by atoms with Crippen molar-refractivity contribution in [1.29, 1.82) is 0 Å². The molecule has 0 N–H and O–H groups in total. The molecule has 0 aliphatic carbocycles. The average Bonchev–Trinajstić information content (AvgIpc) is 3.92. The number of hydrogen-bond donors (Lipinski definition) is 0. The molecular formula is C36H44Br2O10. The summed E-state index contributed by atoms with van der Waals surface area (Å²) in [5.41, 5.74) is 5.93. The van der Waals surface area contributed by atoms with Crippen LogP contribution in [-0.4, -0.2) is 73.5 Å². The molecule has 12 heteroatoms. The molecule has 0 unspecified atom stereocenters. The molecule has 3 heterocycles. The summed E-state index contributed by atoms with van der Waals surface area (Å²) >= 11 is 6.79. The summed E-state index contributed by atoms with van der Waals surface area (Å²) in [7, 11) is 4.85. The van der Waals surface area contributed by atoms with Gasteiger partial charge in [0.2, 0.25) is 0 Å². The predicted molar refractivity (Wildman–Crippen MR) is 189 cm³/mol. The number of rotatable bonds is 7. The van der Waals surface area contributed by atoms with Gasteiger partial charge in [-0.15, -0.1) is 0 Å². The van der Waals surface area contributed by atoms with Crippen LogP contribution in [0.2, 0.25) is 0 Å². The summed E-state index contributed by atoms with van der Waals surface area (Å²) in [5.74, 6) is 2.33. The molecule has 3 saturated heterocycles. The average molecular weight is 797 g/mol. The van der Waals surface area contributed by atoms with Crippen LogP contribution in [-0.2, 0) is 23.7 Å². The van der Waals surface area contributed by atoms with E-state index in [4.69, 9.17) is 37.9 Å². The van der Waals surface area contributed by atoms with Gasteiger partial charge in [-0.2, -0.15) is 0 Å². The Hall–Kier alpha value is -2.84. The highest BCUT2D eigenvalue weighted by atomic mass is 79.9. The number of aryl methyl sites for hydroxylation is 3. The number of ether oxygens (including phenoxy) is 8. The van der Waals surface area contributed by atoms with Crippen LogP contribution < -0.4 is 14.2 Å². The maximum atomic E-state index is 11.0. The Labute approximate surface area is 299 Å². The highest BCUT2D eigenvalue weighted by Crippen LogP contribution is 2.35. The molecule has 3 fully saturated rings. The smallest absolute Gasteiger partial charge is 0.185 e. The van der Waals surface area contributed by atoms with Crippen molar-refractivity contribution in [2.24, 2.45) is 0 Å². The van der Waals surface area contributed by atoms with Crippen LogP contribution in [0.4, 0.5) is 0 Å². The van der Waals surface area contributed by atoms with Gasteiger partial charge in [0, 0.05) is 44.4 Å². The van der Waals surface area contributed by atoms with E-state index >= 15 is 0 Å². The highest BCUT2D eigenvalue weighted by Gasteiger charge is 2.23. The van der Waals surface area contributed by atoms with Crippen LogP contribution >= 0.6 is 31.9 Å². The van der Waals surface area contributed by atoms with E-state index in [1.807, 2.05) is 39.0 Å². The molecule has 48 heavy (non-hydrogen) atoms. The lowest BCUT2D eigenvalue weighted by Gasteiger charge is -2.14. The lowest BCUT2D eigenvalue weighted by molar-refractivity contribution is -0.0448. The Morgan fingerprint density at radius 1 is 0.562 bits per heavy atom. The molecule has 262 valence electrons. The minimum Gasteiger partial charge on any atom is -0.496 e. The van der Waals surface area contributed by atoms with Crippen molar-refractivity contribution in [3.8, 4) is 17.2 Å². The van der Waals surface area contributed by atoms with Crippen molar-refractivity contribution in [2.75, 3.05) is 61.0 Å². The third-order valence-electron chi connectivity index (χ3n) is 7.46. The van der Waals surface area contributed by atoms with Gasteiger partial charge in [0.25, 0.3) is 0 Å². The van der Waals surface area contributed by atoms with Gasteiger partial charge < -0.3 is 37.9 Å². The number of carbonyl (C=O) groups excluding carboxylic acids is 2. The summed E-state index contributed by atoms with van der Waals surface area (Å²) in [5, 5.41) is 0. The van der Waals surface area contributed by atoms with Gasteiger partial charge in [0.1, 0.15) is 17.2 Å². The first kappa shape index (κ1) is 39.6. The maximum absolute atomic E-state index is 11.0. The summed E-state index contributed by atoms with van der Waals surface area (Å²) in [6.07, 6.45) is 3.45. The Bertz CT molecular complexity index is 1470. The second kappa shape index (κ2) is 20.6. The van der Waals surface area contributed by atoms with Crippen LogP contribution in [0.5, 0.6) is 17.2 Å². The summed E-state index contributed by atoms with van der Waals surface area (Å²) in [6, 6.07) is 11.1. The van der Waals surface area contributed by atoms with E-state index < -0.39 is 6.29 Å². The first-order valence-electron chi connectivity index (χ1n) is 15.5. The molecular weight excluding hydrogens is 752 g/mol. The van der Waals surface area contributed by atoms with Crippen LogP contribution in [0.25, 0.3) is 0 Å². The van der Waals surface area contributed by atoms with Crippen LogP contribution in [0.3, 0.4) is 0 Å². The first-order chi connectivity index (χ1) is 23.2. The molecule has 0 radical (unpaired) electrons. The molecule has 3 aliphatic heterocycles. The molecule has 0 amide bonds. The fourth-order valence-electron chi connectivity index (χ4n) is 4.89. The molecule has 3 aliphatic rings. The van der Waals surface area contributed by atoms with E-state index in [9.17, 15) is 9.59 Å². The monoisotopic (exact) mass is 794 g/mol. The third-order valence-corrected chi connectivity index (χ3v) is 8.84. The zero-order valence-corrected chi connectivity index (χ0v) is 31.4. The molecule has 6 rings (SSSR count). The lowest BCUT2D eigenvalue weighted by Crippen LogP contribution is -2.04. The van der Waals surface area contributed by atoms with Crippen molar-refractivity contribution in [3.05, 3.63) is 84.3 Å². The largest absolute Gasteiger partial charge is 0.496 e. The quantitative estimate of drug-likeness (QED) is 0.218. The normalized spacial score (nSPS) is 15.7. The highest BCUT2D eigenvalue weighted by molar-refractivity contribution is 9.10. The Kier molecular flexibility index (Phi) is 17.0. The van der Waals surface area contributed by atoms with E-state index in [0.29, 0.717) is 37.6 Å². The molecule has 0 bridgehead atoms. The number of methoxy groups -OCH3 is 3. The summed E-state index contributed by atoms with van der Waals surface area (Å²) in [6.45, 7) is 10.2.